The molecule has 2 N–H and O–H groups in total. The molecule has 0 aromatic carbocycles. The van der Waals surface area contributed by atoms with Crippen LogP contribution in [0.4, 0.5) is 0 Å². The SMILES string of the molecule is CCC1CCCN(S(=O)(=O)CCN)C1. The average molecular weight is 220 g/mol. The molecule has 1 rings (SSSR count). The summed E-state index contributed by atoms with van der Waals surface area (Å²) in [6.45, 7) is 3.71. The number of sulfonamides is 1. The Kier molecular flexibility index (Phi) is 4.34. The summed E-state index contributed by atoms with van der Waals surface area (Å²) < 4.78 is 25.0. The van der Waals surface area contributed by atoms with E-state index in [0.717, 1.165) is 19.3 Å². The van der Waals surface area contributed by atoms with Gasteiger partial charge in [0.1, 0.15) is 0 Å². The third kappa shape index (κ3) is 2.93. The minimum atomic E-state index is -3.07. The zero-order valence-electron chi connectivity index (χ0n) is 8.78. The normalized spacial score (nSPS) is 25.1. The predicted octanol–water partition coefficient (Wildman–Crippen LogP) is 0.397. The second-order valence-electron chi connectivity index (χ2n) is 3.88. The van der Waals surface area contributed by atoms with Crippen molar-refractivity contribution in [2.24, 2.45) is 11.7 Å². The highest BCUT2D eigenvalue weighted by Crippen LogP contribution is 2.21. The third-order valence-electron chi connectivity index (χ3n) is 2.83. The second kappa shape index (κ2) is 5.09. The molecule has 1 atom stereocenters. The van der Waals surface area contributed by atoms with E-state index in [1.807, 2.05) is 0 Å². The molecule has 1 unspecified atom stereocenters. The molecule has 1 fully saturated rings. The zero-order chi connectivity index (χ0) is 10.6. The summed E-state index contributed by atoms with van der Waals surface area (Å²) in [5.74, 6) is 0.625. The molecule has 84 valence electrons. The van der Waals surface area contributed by atoms with Crippen LogP contribution in [0.5, 0.6) is 0 Å². The Balaban J connectivity index is 2.59. The third-order valence-corrected chi connectivity index (χ3v) is 4.70. The maximum absolute atomic E-state index is 11.7. The Bertz CT molecular complexity index is 264. The lowest BCUT2D eigenvalue weighted by Crippen LogP contribution is -2.42. The van der Waals surface area contributed by atoms with Gasteiger partial charge in [-0.15, -0.1) is 0 Å². The molecular weight excluding hydrogens is 200 g/mol. The molecule has 0 amide bonds. The molecule has 0 spiro atoms. The van der Waals surface area contributed by atoms with Gasteiger partial charge in [-0.25, -0.2) is 12.7 Å². The Labute approximate surface area is 86.5 Å². The summed E-state index contributed by atoms with van der Waals surface area (Å²) >= 11 is 0. The van der Waals surface area contributed by atoms with Crippen molar-refractivity contribution in [3.63, 3.8) is 0 Å². The van der Waals surface area contributed by atoms with Gasteiger partial charge in [0.25, 0.3) is 0 Å². The summed E-state index contributed by atoms with van der Waals surface area (Å²) in [5, 5.41) is 0. The van der Waals surface area contributed by atoms with Crippen LogP contribution in [0.15, 0.2) is 0 Å². The highest BCUT2D eigenvalue weighted by atomic mass is 32.2. The number of nitrogens with two attached hydrogens (primary N) is 1. The van der Waals surface area contributed by atoms with Crippen LogP contribution in [0.3, 0.4) is 0 Å². The van der Waals surface area contributed by atoms with Gasteiger partial charge < -0.3 is 5.73 Å². The molecule has 0 saturated carbocycles. The number of rotatable bonds is 4. The molecule has 1 heterocycles. The minimum absolute atomic E-state index is 0.0867. The second-order valence-corrected chi connectivity index (χ2v) is 5.97. The van der Waals surface area contributed by atoms with Gasteiger partial charge in [0, 0.05) is 19.6 Å². The largest absolute Gasteiger partial charge is 0.329 e. The summed E-state index contributed by atoms with van der Waals surface area (Å²) in [6, 6.07) is 0. The Morgan fingerprint density at radius 1 is 1.50 bits per heavy atom. The van der Waals surface area contributed by atoms with Crippen LogP contribution in [-0.4, -0.2) is 38.1 Å². The Morgan fingerprint density at radius 3 is 2.79 bits per heavy atom. The molecule has 0 aromatic heterocycles. The van der Waals surface area contributed by atoms with Crippen LogP contribution in [0, 0.1) is 5.92 Å². The van der Waals surface area contributed by atoms with Crippen LogP contribution in [-0.2, 0) is 10.0 Å². The highest BCUT2D eigenvalue weighted by Gasteiger charge is 2.27. The molecule has 0 aromatic rings. The highest BCUT2D eigenvalue weighted by molar-refractivity contribution is 7.89. The molecule has 5 heteroatoms. The number of nitrogens with zero attached hydrogens (tertiary/aromatic N) is 1. The maximum Gasteiger partial charge on any atom is 0.215 e. The molecular formula is C9H20N2O2S. The van der Waals surface area contributed by atoms with Crippen molar-refractivity contribution in [3.8, 4) is 0 Å². The van der Waals surface area contributed by atoms with Gasteiger partial charge in [-0.1, -0.05) is 13.3 Å². The van der Waals surface area contributed by atoms with Crippen molar-refractivity contribution in [2.45, 2.75) is 26.2 Å². The standard InChI is InChI=1S/C9H20N2O2S/c1-2-9-4-3-6-11(8-9)14(12,13)7-5-10/h9H,2-8,10H2,1H3. The zero-order valence-corrected chi connectivity index (χ0v) is 9.59. The Morgan fingerprint density at radius 2 is 2.21 bits per heavy atom. The van der Waals surface area contributed by atoms with Crippen LogP contribution in [0.2, 0.25) is 0 Å². The molecule has 14 heavy (non-hydrogen) atoms. The van der Waals surface area contributed by atoms with Gasteiger partial charge in [-0.05, 0) is 18.8 Å². The van der Waals surface area contributed by atoms with Crippen molar-refractivity contribution >= 4 is 10.0 Å². The number of hydrogen-bond donors (Lipinski definition) is 1. The summed E-state index contributed by atoms with van der Waals surface area (Å²) in [7, 11) is -3.07. The van der Waals surface area contributed by atoms with E-state index in [1.165, 1.54) is 0 Å². The monoisotopic (exact) mass is 220 g/mol. The van der Waals surface area contributed by atoms with Gasteiger partial charge in [-0.2, -0.15) is 0 Å². The van der Waals surface area contributed by atoms with Crippen molar-refractivity contribution in [1.29, 1.82) is 0 Å². The van der Waals surface area contributed by atoms with Crippen LogP contribution >= 0.6 is 0 Å². The van der Waals surface area contributed by atoms with Crippen molar-refractivity contribution in [1.82, 2.24) is 4.31 Å². The fourth-order valence-corrected chi connectivity index (χ4v) is 3.29. The first kappa shape index (κ1) is 11.9. The van der Waals surface area contributed by atoms with E-state index in [-0.39, 0.29) is 12.3 Å². The van der Waals surface area contributed by atoms with E-state index in [9.17, 15) is 8.42 Å². The fraction of sp³-hybridized carbons (Fsp3) is 1.00. The lowest BCUT2D eigenvalue weighted by atomic mass is 9.97. The van der Waals surface area contributed by atoms with Gasteiger partial charge in [0.05, 0.1) is 5.75 Å². The van der Waals surface area contributed by atoms with E-state index in [4.69, 9.17) is 5.73 Å². The summed E-state index contributed by atoms with van der Waals surface area (Å²) in [5.41, 5.74) is 5.28. The average Bonchev–Trinajstić information content (AvgIpc) is 2.18. The predicted molar refractivity (Wildman–Crippen MR) is 57.4 cm³/mol. The van der Waals surface area contributed by atoms with Crippen LogP contribution in [0.1, 0.15) is 26.2 Å². The van der Waals surface area contributed by atoms with E-state index < -0.39 is 10.0 Å². The number of piperidine rings is 1. The first-order chi connectivity index (χ1) is 6.60. The van der Waals surface area contributed by atoms with E-state index in [0.29, 0.717) is 19.0 Å². The van der Waals surface area contributed by atoms with E-state index >= 15 is 0 Å². The van der Waals surface area contributed by atoms with Gasteiger partial charge >= 0.3 is 0 Å². The van der Waals surface area contributed by atoms with Gasteiger partial charge in [-0.3, -0.25) is 0 Å². The molecule has 4 nitrogen and oxygen atoms in total. The number of hydrogen-bond acceptors (Lipinski definition) is 3. The van der Waals surface area contributed by atoms with Crippen molar-refractivity contribution < 1.29 is 8.42 Å². The first-order valence-electron chi connectivity index (χ1n) is 5.28. The fourth-order valence-electron chi connectivity index (χ4n) is 1.89. The molecule has 0 aliphatic carbocycles. The molecule has 1 aliphatic heterocycles. The minimum Gasteiger partial charge on any atom is -0.329 e. The van der Waals surface area contributed by atoms with Crippen molar-refractivity contribution in [2.75, 3.05) is 25.4 Å². The molecule has 1 aliphatic rings. The quantitative estimate of drug-likeness (QED) is 0.746. The molecule has 0 bridgehead atoms. The smallest absolute Gasteiger partial charge is 0.215 e. The van der Waals surface area contributed by atoms with E-state index in [2.05, 4.69) is 6.92 Å². The van der Waals surface area contributed by atoms with Crippen LogP contribution < -0.4 is 5.73 Å². The van der Waals surface area contributed by atoms with Gasteiger partial charge in [0.15, 0.2) is 0 Å². The van der Waals surface area contributed by atoms with Crippen molar-refractivity contribution in [3.05, 3.63) is 0 Å². The lowest BCUT2D eigenvalue weighted by Gasteiger charge is -2.31. The van der Waals surface area contributed by atoms with E-state index in [1.54, 1.807) is 4.31 Å². The topological polar surface area (TPSA) is 63.4 Å². The lowest BCUT2D eigenvalue weighted by molar-refractivity contribution is 0.261. The molecule has 0 radical (unpaired) electrons. The summed E-state index contributed by atoms with van der Waals surface area (Å²) in [6.07, 6.45) is 3.21. The molecule has 1 saturated heterocycles. The van der Waals surface area contributed by atoms with Crippen LogP contribution in [0.25, 0.3) is 0 Å². The first-order valence-corrected chi connectivity index (χ1v) is 6.89. The van der Waals surface area contributed by atoms with Gasteiger partial charge in [0.2, 0.25) is 10.0 Å². The Hall–Kier alpha value is -0.130. The summed E-state index contributed by atoms with van der Waals surface area (Å²) in [4.78, 5) is 0. The maximum atomic E-state index is 11.7.